The van der Waals surface area contributed by atoms with Crippen molar-refractivity contribution in [2.45, 2.75) is 17.1 Å². The van der Waals surface area contributed by atoms with Gasteiger partial charge in [-0.1, -0.05) is 19.1 Å². The van der Waals surface area contributed by atoms with Crippen molar-refractivity contribution in [2.75, 3.05) is 31.1 Å². The van der Waals surface area contributed by atoms with Gasteiger partial charge in [-0.3, -0.25) is 5.41 Å². The van der Waals surface area contributed by atoms with Gasteiger partial charge in [0.15, 0.2) is 9.84 Å². The summed E-state index contributed by atoms with van der Waals surface area (Å²) in [7, 11) is -3.28. The molecule has 0 aromatic heterocycles. The molecule has 0 aliphatic carbocycles. The van der Waals surface area contributed by atoms with Gasteiger partial charge in [0.1, 0.15) is 5.84 Å². The second-order valence-corrected chi connectivity index (χ2v) is 8.89. The van der Waals surface area contributed by atoms with Gasteiger partial charge in [0.05, 0.1) is 10.6 Å². The van der Waals surface area contributed by atoms with E-state index in [1.165, 1.54) is 12.1 Å². The van der Waals surface area contributed by atoms with Crippen molar-refractivity contribution < 1.29 is 8.42 Å². The lowest BCUT2D eigenvalue weighted by atomic mass is 10.2. The highest BCUT2D eigenvalue weighted by atomic mass is 32.2. The van der Waals surface area contributed by atoms with Crippen molar-refractivity contribution >= 4 is 27.4 Å². The van der Waals surface area contributed by atoms with Gasteiger partial charge in [-0.05, 0) is 12.1 Å². The Bertz CT molecular complexity index is 599. The Hall–Kier alpha value is -1.05. The van der Waals surface area contributed by atoms with E-state index in [-0.39, 0.29) is 11.6 Å². The first kappa shape index (κ1) is 16.3. The topological polar surface area (TPSA) is 87.2 Å². The first-order valence-corrected chi connectivity index (χ1v) is 9.60. The molecule has 1 aliphatic rings. The Balaban J connectivity index is 1.99. The number of nitrogens with two attached hydrogens (primary N) is 1. The van der Waals surface area contributed by atoms with Gasteiger partial charge in [-0.2, -0.15) is 11.8 Å². The molecule has 116 valence electrons. The highest BCUT2D eigenvalue weighted by Crippen LogP contribution is 2.18. The lowest BCUT2D eigenvalue weighted by molar-refractivity contribution is 0.303. The molecule has 7 heteroatoms. The third-order valence-corrected chi connectivity index (χ3v) is 6.37. The molecule has 21 heavy (non-hydrogen) atoms. The number of hydrogen-bond acceptors (Lipinski definition) is 5. The zero-order valence-electron chi connectivity index (χ0n) is 12.1. The molecule has 0 saturated carbocycles. The molecular formula is C14H21N3O2S2. The van der Waals surface area contributed by atoms with Crippen LogP contribution in [0, 0.1) is 5.41 Å². The number of rotatable bonds is 5. The molecule has 1 unspecified atom stereocenters. The van der Waals surface area contributed by atoms with Crippen molar-refractivity contribution in [3.05, 3.63) is 29.8 Å². The molecule has 0 radical (unpaired) electrons. The zero-order valence-corrected chi connectivity index (χ0v) is 13.7. The number of hydrogen-bond donors (Lipinski definition) is 2. The summed E-state index contributed by atoms with van der Waals surface area (Å²) < 4.78 is 24.6. The SMILES string of the molecule is CC1CN(CCS(=O)(=O)c2ccc(C(=N)N)cc2)CCS1. The fourth-order valence-corrected chi connectivity index (χ4v) is 4.67. The molecule has 1 saturated heterocycles. The monoisotopic (exact) mass is 327 g/mol. The third kappa shape index (κ3) is 4.46. The summed E-state index contributed by atoms with van der Waals surface area (Å²) in [5.41, 5.74) is 5.91. The molecule has 1 atom stereocenters. The standard InChI is InChI=1S/C14H21N3O2S2/c1-11-10-17(6-8-20-11)7-9-21(18,19)13-4-2-12(3-5-13)14(15)16/h2-5,11H,6-10H2,1H3,(H3,15,16). The van der Waals surface area contributed by atoms with E-state index in [0.29, 0.717) is 22.3 Å². The van der Waals surface area contributed by atoms with Gasteiger partial charge in [-0.25, -0.2) is 8.42 Å². The highest BCUT2D eigenvalue weighted by molar-refractivity contribution is 8.00. The first-order valence-electron chi connectivity index (χ1n) is 6.89. The average Bonchev–Trinajstić information content (AvgIpc) is 2.45. The van der Waals surface area contributed by atoms with Crippen LogP contribution >= 0.6 is 11.8 Å². The van der Waals surface area contributed by atoms with Crippen molar-refractivity contribution in [1.82, 2.24) is 4.90 Å². The number of benzene rings is 1. The summed E-state index contributed by atoms with van der Waals surface area (Å²) in [4.78, 5) is 2.51. The minimum absolute atomic E-state index is 0.0567. The van der Waals surface area contributed by atoms with Gasteiger partial charge < -0.3 is 10.6 Å². The van der Waals surface area contributed by atoms with E-state index in [0.717, 1.165) is 18.8 Å². The first-order chi connectivity index (χ1) is 9.88. The van der Waals surface area contributed by atoms with Crippen molar-refractivity contribution in [1.29, 1.82) is 5.41 Å². The van der Waals surface area contributed by atoms with Crippen LogP contribution in [0.4, 0.5) is 0 Å². The molecule has 1 heterocycles. The molecular weight excluding hydrogens is 306 g/mol. The van der Waals surface area contributed by atoms with Crippen LogP contribution in [0.3, 0.4) is 0 Å². The molecule has 1 aromatic carbocycles. The van der Waals surface area contributed by atoms with Crippen LogP contribution in [0.15, 0.2) is 29.2 Å². The van der Waals surface area contributed by atoms with E-state index in [9.17, 15) is 8.42 Å². The highest BCUT2D eigenvalue weighted by Gasteiger charge is 2.20. The van der Waals surface area contributed by atoms with Gasteiger partial charge in [0.25, 0.3) is 0 Å². The summed E-state index contributed by atoms with van der Waals surface area (Å²) >= 11 is 1.93. The van der Waals surface area contributed by atoms with Crippen LogP contribution in [-0.4, -0.2) is 55.5 Å². The molecule has 0 bridgehead atoms. The molecule has 3 N–H and O–H groups in total. The predicted molar refractivity (Wildman–Crippen MR) is 87.9 cm³/mol. The smallest absolute Gasteiger partial charge is 0.179 e. The van der Waals surface area contributed by atoms with Gasteiger partial charge in [0.2, 0.25) is 0 Å². The van der Waals surface area contributed by atoms with Gasteiger partial charge in [0, 0.05) is 36.2 Å². The number of nitrogen functional groups attached to an aromatic ring is 1. The Morgan fingerprint density at radius 3 is 2.67 bits per heavy atom. The Kier molecular flexibility index (Phi) is 5.29. The molecule has 1 aliphatic heterocycles. The largest absolute Gasteiger partial charge is 0.384 e. The molecule has 1 aromatic rings. The van der Waals surface area contributed by atoms with E-state index in [2.05, 4.69) is 11.8 Å². The van der Waals surface area contributed by atoms with Crippen molar-refractivity contribution in [3.63, 3.8) is 0 Å². The fraction of sp³-hybridized carbons (Fsp3) is 0.500. The predicted octanol–water partition coefficient (Wildman–Crippen LogP) is 1.18. The number of sulfone groups is 1. The molecule has 1 fully saturated rings. The average molecular weight is 327 g/mol. The second-order valence-electron chi connectivity index (χ2n) is 5.24. The summed E-state index contributed by atoms with van der Waals surface area (Å²) in [5, 5.41) is 7.88. The Morgan fingerprint density at radius 2 is 2.10 bits per heavy atom. The summed E-state index contributed by atoms with van der Waals surface area (Å²) in [6, 6.07) is 6.21. The Morgan fingerprint density at radius 1 is 1.43 bits per heavy atom. The van der Waals surface area contributed by atoms with E-state index in [4.69, 9.17) is 11.1 Å². The minimum Gasteiger partial charge on any atom is -0.384 e. The summed E-state index contributed by atoms with van der Waals surface area (Å²) in [5.74, 6) is 1.14. The Labute approximate surface area is 130 Å². The maximum absolute atomic E-state index is 12.3. The zero-order chi connectivity index (χ0) is 15.5. The summed E-state index contributed by atoms with van der Waals surface area (Å²) in [6.07, 6.45) is 0. The summed E-state index contributed by atoms with van der Waals surface area (Å²) in [6.45, 7) is 4.64. The third-order valence-electron chi connectivity index (χ3n) is 3.53. The number of amidine groups is 1. The second kappa shape index (κ2) is 6.81. The maximum Gasteiger partial charge on any atom is 0.179 e. The van der Waals surface area contributed by atoms with Crippen LogP contribution in [0.25, 0.3) is 0 Å². The normalized spacial score (nSPS) is 20.3. The van der Waals surface area contributed by atoms with Crippen molar-refractivity contribution in [2.24, 2.45) is 5.73 Å². The maximum atomic E-state index is 12.3. The number of nitrogens with zero attached hydrogens (tertiary/aromatic N) is 1. The van der Waals surface area contributed by atoms with Crippen LogP contribution in [0.5, 0.6) is 0 Å². The van der Waals surface area contributed by atoms with Gasteiger partial charge in [-0.15, -0.1) is 0 Å². The number of thioether (sulfide) groups is 1. The molecule has 2 rings (SSSR count). The van der Waals surface area contributed by atoms with Crippen LogP contribution < -0.4 is 5.73 Å². The lowest BCUT2D eigenvalue weighted by Crippen LogP contribution is -2.39. The van der Waals surface area contributed by atoms with E-state index >= 15 is 0 Å². The van der Waals surface area contributed by atoms with Crippen molar-refractivity contribution in [3.8, 4) is 0 Å². The van der Waals surface area contributed by atoms with Crippen LogP contribution in [-0.2, 0) is 9.84 Å². The molecule has 5 nitrogen and oxygen atoms in total. The van der Waals surface area contributed by atoms with Gasteiger partial charge >= 0.3 is 0 Å². The lowest BCUT2D eigenvalue weighted by Gasteiger charge is -2.30. The van der Waals surface area contributed by atoms with E-state index in [1.54, 1.807) is 12.1 Å². The fourth-order valence-electron chi connectivity index (χ4n) is 2.30. The van der Waals surface area contributed by atoms with E-state index in [1.807, 2.05) is 11.8 Å². The molecule has 0 amide bonds. The molecule has 0 spiro atoms. The van der Waals surface area contributed by atoms with Crippen LogP contribution in [0.2, 0.25) is 0 Å². The number of nitrogens with one attached hydrogen (secondary N) is 1. The van der Waals surface area contributed by atoms with E-state index < -0.39 is 9.84 Å². The minimum atomic E-state index is -3.28. The quantitative estimate of drug-likeness (QED) is 0.626. The van der Waals surface area contributed by atoms with Crippen LogP contribution in [0.1, 0.15) is 12.5 Å².